The first-order valence-electron chi connectivity index (χ1n) is 19.5. The summed E-state index contributed by atoms with van der Waals surface area (Å²) in [4.78, 5) is 59.8. The highest BCUT2D eigenvalue weighted by Crippen LogP contribution is 2.32. The van der Waals surface area contributed by atoms with Crippen LogP contribution in [0.5, 0.6) is 0 Å². The van der Waals surface area contributed by atoms with Gasteiger partial charge in [-0.2, -0.15) is 0 Å². The van der Waals surface area contributed by atoms with Crippen molar-refractivity contribution in [2.45, 2.75) is 130 Å². The quantitative estimate of drug-likeness (QED) is 0.100. The number of amides is 3. The minimum Gasteiger partial charge on any atom is -0.481 e. The molecule has 12 nitrogen and oxygen atoms in total. The zero-order chi connectivity index (χ0) is 38.9. The van der Waals surface area contributed by atoms with Crippen LogP contribution in [0.2, 0.25) is 0 Å². The molecule has 53 heavy (non-hydrogen) atoms. The van der Waals surface area contributed by atoms with Gasteiger partial charge in [-0.15, -0.1) is 11.3 Å². The van der Waals surface area contributed by atoms with Crippen molar-refractivity contribution in [3.63, 3.8) is 0 Å². The van der Waals surface area contributed by atoms with Crippen LogP contribution < -0.4 is 16.0 Å². The lowest BCUT2D eigenvalue weighted by molar-refractivity contribution is -0.149. The normalized spacial score (nSPS) is 18.0. The Kier molecular flexibility index (Phi) is 18.9. The van der Waals surface area contributed by atoms with Gasteiger partial charge in [0.1, 0.15) is 29.6 Å². The lowest BCUT2D eigenvalue weighted by Gasteiger charge is -2.39. The monoisotopic (exact) mass is 757 g/mol. The number of ether oxygens (including phenoxy) is 2. The van der Waals surface area contributed by atoms with Crippen molar-refractivity contribution in [3.8, 4) is 0 Å². The summed E-state index contributed by atoms with van der Waals surface area (Å²) in [5.74, 6) is -2.39. The molecule has 1 aliphatic rings. The average molecular weight is 758 g/mol. The highest BCUT2D eigenvalue weighted by molar-refractivity contribution is 7.09. The summed E-state index contributed by atoms with van der Waals surface area (Å²) in [5, 5.41) is 21.3. The molecule has 1 unspecified atom stereocenters. The van der Waals surface area contributed by atoms with Gasteiger partial charge in [-0.3, -0.25) is 19.2 Å². The minimum atomic E-state index is -0.917. The average Bonchev–Trinajstić information content (AvgIpc) is 3.65. The number of hydrogen-bond acceptors (Lipinski definition) is 9. The van der Waals surface area contributed by atoms with Gasteiger partial charge in [0.25, 0.3) is 5.91 Å². The van der Waals surface area contributed by atoms with Crippen LogP contribution in [0.1, 0.15) is 121 Å². The standard InChI is InChI=1S/C40H63N5O7S/c1-8-20-52-34(38-43-32(24-53-38)37(47)42-30(21-28(7)40(49)50)22-29-16-12-11-13-17-29)23-33(26(4)5)45(25-51-10-3)39(48)35(27(6)9-2)44-36(46)31-18-14-15-19-41-31/h11-13,16-17,24,26-28,30-31,33-35,41H,8-10,14-15,18-23,25H2,1-7H3,(H,42,47)(H,44,46)(H,49,50)/t27-,28-,30+,31+,33?,34+,35-/m0/s1. The summed E-state index contributed by atoms with van der Waals surface area (Å²) >= 11 is 1.33. The third kappa shape index (κ3) is 13.8. The third-order valence-corrected chi connectivity index (χ3v) is 11.0. The fourth-order valence-electron chi connectivity index (χ4n) is 6.60. The fraction of sp³-hybridized carbons (Fsp3) is 0.675. The predicted octanol–water partition coefficient (Wildman–Crippen LogP) is 5.97. The van der Waals surface area contributed by atoms with E-state index < -0.39 is 30.1 Å². The molecule has 1 fully saturated rings. The molecule has 3 amide bonds. The molecule has 2 aromatic rings. The van der Waals surface area contributed by atoms with Gasteiger partial charge in [0.05, 0.1) is 12.0 Å². The number of aromatic nitrogens is 1. The number of carboxylic acids is 1. The first-order valence-corrected chi connectivity index (χ1v) is 20.3. The molecular weight excluding hydrogens is 695 g/mol. The first kappa shape index (κ1) is 44.0. The zero-order valence-electron chi connectivity index (χ0n) is 32.8. The molecule has 0 spiro atoms. The van der Waals surface area contributed by atoms with Crippen LogP contribution in [0.4, 0.5) is 0 Å². The van der Waals surface area contributed by atoms with E-state index in [1.54, 1.807) is 17.2 Å². The van der Waals surface area contributed by atoms with E-state index in [-0.39, 0.29) is 60.5 Å². The maximum absolute atomic E-state index is 14.6. The largest absolute Gasteiger partial charge is 0.481 e. The number of hydrogen-bond donors (Lipinski definition) is 4. The van der Waals surface area contributed by atoms with Gasteiger partial charge in [0, 0.05) is 37.1 Å². The number of aliphatic carboxylic acids is 1. The molecule has 13 heteroatoms. The van der Waals surface area contributed by atoms with E-state index in [4.69, 9.17) is 14.5 Å². The number of carbonyl (C=O) groups is 4. The molecule has 7 atom stereocenters. The van der Waals surface area contributed by atoms with Gasteiger partial charge in [0.15, 0.2) is 0 Å². The van der Waals surface area contributed by atoms with Crippen molar-refractivity contribution in [1.82, 2.24) is 25.8 Å². The van der Waals surface area contributed by atoms with Crippen LogP contribution in [0.15, 0.2) is 35.7 Å². The van der Waals surface area contributed by atoms with Gasteiger partial charge in [0.2, 0.25) is 11.8 Å². The lowest BCUT2D eigenvalue weighted by atomic mass is 9.92. The second-order valence-corrected chi connectivity index (χ2v) is 15.5. The van der Waals surface area contributed by atoms with E-state index >= 15 is 0 Å². The summed E-state index contributed by atoms with van der Waals surface area (Å²) in [6, 6.07) is 7.88. The van der Waals surface area contributed by atoms with E-state index in [1.807, 2.05) is 58.0 Å². The highest BCUT2D eigenvalue weighted by atomic mass is 32.1. The van der Waals surface area contributed by atoms with Gasteiger partial charge < -0.3 is 35.4 Å². The Bertz CT molecular complexity index is 1420. The summed E-state index contributed by atoms with van der Waals surface area (Å²) < 4.78 is 12.3. The lowest BCUT2D eigenvalue weighted by Crippen LogP contribution is -2.59. The van der Waals surface area contributed by atoms with E-state index in [0.717, 1.165) is 37.8 Å². The van der Waals surface area contributed by atoms with Crippen LogP contribution in [0, 0.1) is 17.8 Å². The number of rotatable bonds is 23. The van der Waals surface area contributed by atoms with Crippen LogP contribution >= 0.6 is 11.3 Å². The molecule has 0 saturated carbocycles. The summed E-state index contributed by atoms with van der Waals surface area (Å²) in [7, 11) is 0. The Morgan fingerprint density at radius 1 is 1.04 bits per heavy atom. The molecule has 2 heterocycles. The summed E-state index contributed by atoms with van der Waals surface area (Å²) in [6.45, 7) is 15.4. The van der Waals surface area contributed by atoms with Gasteiger partial charge >= 0.3 is 5.97 Å². The molecule has 4 N–H and O–H groups in total. The Balaban J connectivity index is 1.87. The molecule has 1 saturated heterocycles. The molecule has 0 aliphatic carbocycles. The number of carbonyl (C=O) groups excluding carboxylic acids is 3. The minimum absolute atomic E-state index is 0.00173. The van der Waals surface area contributed by atoms with Crippen LogP contribution in [0.3, 0.4) is 0 Å². The van der Waals surface area contributed by atoms with Crippen LogP contribution in [0.25, 0.3) is 0 Å². The molecule has 1 aliphatic heterocycles. The van der Waals surface area contributed by atoms with Crippen molar-refractivity contribution in [2.75, 3.05) is 26.5 Å². The number of nitrogens with zero attached hydrogens (tertiary/aromatic N) is 2. The van der Waals surface area contributed by atoms with E-state index in [2.05, 4.69) is 29.8 Å². The number of piperidine rings is 1. The number of thiazole rings is 1. The third-order valence-electron chi connectivity index (χ3n) is 10.0. The molecule has 1 aromatic carbocycles. The van der Waals surface area contributed by atoms with Crippen LogP contribution in [-0.2, 0) is 30.3 Å². The topological polar surface area (TPSA) is 159 Å². The molecule has 3 rings (SSSR count). The molecule has 0 bridgehead atoms. The maximum Gasteiger partial charge on any atom is 0.306 e. The van der Waals surface area contributed by atoms with Crippen molar-refractivity contribution in [1.29, 1.82) is 0 Å². The molecule has 0 radical (unpaired) electrons. The number of benzene rings is 1. The van der Waals surface area contributed by atoms with Crippen LogP contribution in [-0.4, -0.2) is 89.3 Å². The Morgan fingerprint density at radius 2 is 1.77 bits per heavy atom. The van der Waals surface area contributed by atoms with E-state index in [0.29, 0.717) is 37.5 Å². The molecule has 296 valence electrons. The van der Waals surface area contributed by atoms with Gasteiger partial charge in [-0.05, 0) is 63.0 Å². The van der Waals surface area contributed by atoms with E-state index in [1.165, 1.54) is 11.3 Å². The van der Waals surface area contributed by atoms with Crippen molar-refractivity contribution >= 4 is 35.0 Å². The predicted molar refractivity (Wildman–Crippen MR) is 208 cm³/mol. The van der Waals surface area contributed by atoms with Crippen molar-refractivity contribution < 1.29 is 33.8 Å². The zero-order valence-corrected chi connectivity index (χ0v) is 33.6. The highest BCUT2D eigenvalue weighted by Gasteiger charge is 2.38. The van der Waals surface area contributed by atoms with Crippen molar-refractivity contribution in [3.05, 3.63) is 52.0 Å². The smallest absolute Gasteiger partial charge is 0.306 e. The SMILES string of the molecule is CCCO[C@H](CC(C(C)C)N(COCC)C(=O)[C@@H](NC(=O)[C@H]1CCCCN1)[C@@H](C)CC)c1nc(C(=O)N[C@@H](Cc2ccccc2)C[C@H](C)C(=O)O)cs1. The Labute approximate surface area is 320 Å². The second-order valence-electron chi connectivity index (χ2n) is 14.6. The Morgan fingerprint density at radius 3 is 2.38 bits per heavy atom. The first-order chi connectivity index (χ1) is 25.4. The summed E-state index contributed by atoms with van der Waals surface area (Å²) in [6.07, 6.45) is 4.86. The fourth-order valence-corrected chi connectivity index (χ4v) is 7.46. The van der Waals surface area contributed by atoms with E-state index in [9.17, 15) is 24.3 Å². The number of nitrogens with one attached hydrogen (secondary N) is 3. The van der Waals surface area contributed by atoms with Crippen molar-refractivity contribution in [2.24, 2.45) is 17.8 Å². The Hall–Kier alpha value is -3.39. The van der Waals surface area contributed by atoms with Gasteiger partial charge in [-0.25, -0.2) is 4.98 Å². The number of carboxylic acid groups (broad SMARTS) is 1. The maximum atomic E-state index is 14.6. The second kappa shape index (κ2) is 22.7. The van der Waals surface area contributed by atoms with Gasteiger partial charge in [-0.1, -0.05) is 84.7 Å². The summed E-state index contributed by atoms with van der Waals surface area (Å²) in [5.41, 5.74) is 1.23. The molecule has 1 aromatic heterocycles. The molecular formula is C40H63N5O7S.